The molecule has 3 aromatic rings. The van der Waals surface area contributed by atoms with E-state index in [1.54, 1.807) is 12.5 Å². The first-order valence-corrected chi connectivity index (χ1v) is 8.36. The summed E-state index contributed by atoms with van der Waals surface area (Å²) in [6, 6.07) is 13.5. The Morgan fingerprint density at radius 2 is 1.48 bits per heavy atom. The molecule has 0 fully saturated rings. The maximum absolute atomic E-state index is 12.6. The van der Waals surface area contributed by atoms with E-state index in [2.05, 4.69) is 5.32 Å². The predicted octanol–water partition coefficient (Wildman–Crippen LogP) is 2.71. The molecule has 0 aliphatic rings. The van der Waals surface area contributed by atoms with Crippen molar-refractivity contribution >= 4 is 11.6 Å². The van der Waals surface area contributed by atoms with E-state index >= 15 is 0 Å². The van der Waals surface area contributed by atoms with Crippen LogP contribution in [0.4, 0.5) is 5.69 Å². The van der Waals surface area contributed by atoms with Gasteiger partial charge in [0.1, 0.15) is 13.1 Å². The normalized spacial score (nSPS) is 11.0. The molecular weight excluding hydrogens is 316 g/mol. The Bertz CT molecular complexity index is 751. The van der Waals surface area contributed by atoms with Crippen LogP contribution in [0.5, 0.6) is 0 Å². The van der Waals surface area contributed by atoms with Crippen LogP contribution in [0.25, 0.3) is 0 Å². The van der Waals surface area contributed by atoms with Gasteiger partial charge < -0.3 is 19.1 Å². The van der Waals surface area contributed by atoms with Gasteiger partial charge in [-0.3, -0.25) is 4.79 Å². The van der Waals surface area contributed by atoms with Crippen LogP contribution in [-0.2, 0) is 17.9 Å². The first-order valence-electron chi connectivity index (χ1n) is 8.36. The number of nitrogens with one attached hydrogen (secondary N) is 2. The predicted molar refractivity (Wildman–Crippen MR) is 95.2 cm³/mol. The van der Waals surface area contributed by atoms with Crippen molar-refractivity contribution in [1.82, 2.24) is 0 Å². The van der Waals surface area contributed by atoms with Crippen molar-refractivity contribution in [3.63, 3.8) is 0 Å². The number of carbonyl (C=O) groups is 1. The SMILES string of the molecule is Cc1cccc(C)c1NC(=O)C[NH+](Cc1ccco1)Cc1ccco1. The fourth-order valence-corrected chi connectivity index (χ4v) is 2.93. The third-order valence-corrected chi connectivity index (χ3v) is 4.16. The van der Waals surface area contributed by atoms with Crippen molar-refractivity contribution in [2.45, 2.75) is 26.9 Å². The first-order chi connectivity index (χ1) is 12.1. The molecule has 3 rings (SSSR count). The monoisotopic (exact) mass is 339 g/mol. The number of amides is 1. The van der Waals surface area contributed by atoms with Crippen molar-refractivity contribution in [2.24, 2.45) is 0 Å². The van der Waals surface area contributed by atoms with E-state index in [-0.39, 0.29) is 5.91 Å². The van der Waals surface area contributed by atoms with Gasteiger partial charge in [0.05, 0.1) is 12.5 Å². The van der Waals surface area contributed by atoms with Gasteiger partial charge in [-0.15, -0.1) is 0 Å². The molecule has 0 radical (unpaired) electrons. The lowest BCUT2D eigenvalue weighted by molar-refractivity contribution is -0.921. The molecule has 0 aliphatic heterocycles. The molecule has 1 amide bonds. The summed E-state index contributed by atoms with van der Waals surface area (Å²) in [6.45, 7) is 5.56. The summed E-state index contributed by atoms with van der Waals surface area (Å²) in [6.07, 6.45) is 3.30. The minimum absolute atomic E-state index is 0.0227. The number of quaternary nitrogens is 1. The maximum atomic E-state index is 12.6. The summed E-state index contributed by atoms with van der Waals surface area (Å²) < 4.78 is 10.9. The van der Waals surface area contributed by atoms with Crippen LogP contribution >= 0.6 is 0 Å². The molecule has 0 aliphatic carbocycles. The summed E-state index contributed by atoms with van der Waals surface area (Å²) in [5.74, 6) is 1.67. The van der Waals surface area contributed by atoms with Crippen LogP contribution < -0.4 is 10.2 Å². The molecule has 25 heavy (non-hydrogen) atoms. The Balaban J connectivity index is 1.69. The number of furan rings is 2. The zero-order chi connectivity index (χ0) is 17.6. The molecule has 130 valence electrons. The highest BCUT2D eigenvalue weighted by atomic mass is 16.3. The highest BCUT2D eigenvalue weighted by molar-refractivity contribution is 5.93. The number of hydrogen-bond donors (Lipinski definition) is 2. The molecule has 2 N–H and O–H groups in total. The highest BCUT2D eigenvalue weighted by Gasteiger charge is 2.19. The summed E-state index contributed by atoms with van der Waals surface area (Å²) in [5, 5.41) is 3.05. The second-order valence-electron chi connectivity index (χ2n) is 6.25. The number of hydrogen-bond acceptors (Lipinski definition) is 3. The second kappa shape index (κ2) is 7.85. The van der Waals surface area contributed by atoms with E-state index in [4.69, 9.17) is 8.83 Å². The van der Waals surface area contributed by atoms with E-state index in [9.17, 15) is 4.79 Å². The molecule has 0 bridgehead atoms. The van der Waals surface area contributed by atoms with Gasteiger partial charge in [0.15, 0.2) is 18.1 Å². The Labute approximate surface area is 147 Å². The molecule has 0 unspecified atom stereocenters. The van der Waals surface area contributed by atoms with E-state index in [1.165, 1.54) is 0 Å². The molecule has 2 aromatic heterocycles. The molecule has 5 nitrogen and oxygen atoms in total. The smallest absolute Gasteiger partial charge is 0.279 e. The number of carbonyl (C=O) groups excluding carboxylic acids is 1. The summed E-state index contributed by atoms with van der Waals surface area (Å²) in [5.41, 5.74) is 3.02. The summed E-state index contributed by atoms with van der Waals surface area (Å²) >= 11 is 0. The van der Waals surface area contributed by atoms with Gasteiger partial charge >= 0.3 is 0 Å². The van der Waals surface area contributed by atoms with Crippen molar-refractivity contribution in [3.05, 3.63) is 77.6 Å². The topological polar surface area (TPSA) is 59.8 Å². The van der Waals surface area contributed by atoms with Crippen LogP contribution in [0, 0.1) is 13.8 Å². The van der Waals surface area contributed by atoms with Crippen molar-refractivity contribution in [1.29, 1.82) is 0 Å². The molecule has 0 saturated carbocycles. The average Bonchev–Trinajstić information content (AvgIpc) is 3.25. The first kappa shape index (κ1) is 17.0. The second-order valence-corrected chi connectivity index (χ2v) is 6.25. The van der Waals surface area contributed by atoms with Crippen LogP contribution in [-0.4, -0.2) is 12.5 Å². The molecule has 0 spiro atoms. The average molecular weight is 339 g/mol. The molecule has 1 aromatic carbocycles. The number of benzene rings is 1. The highest BCUT2D eigenvalue weighted by Crippen LogP contribution is 2.18. The van der Waals surface area contributed by atoms with E-state index in [0.29, 0.717) is 19.6 Å². The Morgan fingerprint density at radius 3 is 1.96 bits per heavy atom. The van der Waals surface area contributed by atoms with Gasteiger partial charge in [-0.05, 0) is 49.2 Å². The van der Waals surface area contributed by atoms with Crippen LogP contribution in [0.3, 0.4) is 0 Å². The summed E-state index contributed by atoms with van der Waals surface area (Å²) in [7, 11) is 0. The lowest BCUT2D eigenvalue weighted by atomic mass is 10.1. The molecule has 5 heteroatoms. The van der Waals surface area contributed by atoms with Crippen molar-refractivity contribution in [3.8, 4) is 0 Å². The van der Waals surface area contributed by atoms with Gasteiger partial charge in [0, 0.05) is 5.69 Å². The minimum atomic E-state index is -0.0227. The molecule has 0 saturated heterocycles. The zero-order valence-electron chi connectivity index (χ0n) is 14.5. The number of anilines is 1. The van der Waals surface area contributed by atoms with E-state index < -0.39 is 0 Å². The van der Waals surface area contributed by atoms with Gasteiger partial charge in [-0.1, -0.05) is 18.2 Å². The number of rotatable bonds is 7. The summed E-state index contributed by atoms with van der Waals surface area (Å²) in [4.78, 5) is 13.6. The fraction of sp³-hybridized carbons (Fsp3) is 0.250. The Morgan fingerprint density at radius 1 is 0.920 bits per heavy atom. The number of aryl methyl sites for hydroxylation is 2. The molecule has 0 atom stereocenters. The third kappa shape index (κ3) is 4.61. The van der Waals surface area contributed by atoms with Crippen LogP contribution in [0.1, 0.15) is 22.6 Å². The molecule has 2 heterocycles. The quantitative estimate of drug-likeness (QED) is 0.696. The van der Waals surface area contributed by atoms with Gasteiger partial charge in [0.2, 0.25) is 0 Å². The van der Waals surface area contributed by atoms with Crippen molar-refractivity contribution in [2.75, 3.05) is 11.9 Å². The van der Waals surface area contributed by atoms with Crippen molar-refractivity contribution < 1.29 is 18.5 Å². The zero-order valence-corrected chi connectivity index (χ0v) is 14.5. The Hall–Kier alpha value is -2.79. The van der Waals surface area contributed by atoms with Gasteiger partial charge in [-0.2, -0.15) is 0 Å². The minimum Gasteiger partial charge on any atom is -0.463 e. The van der Waals surface area contributed by atoms with E-state index in [1.807, 2.05) is 56.3 Å². The lowest BCUT2D eigenvalue weighted by Crippen LogP contribution is -3.10. The molecular formula is C20H23N2O3+. The Kier molecular flexibility index (Phi) is 5.36. The lowest BCUT2D eigenvalue weighted by Gasteiger charge is -2.18. The van der Waals surface area contributed by atoms with Gasteiger partial charge in [0.25, 0.3) is 5.91 Å². The van der Waals surface area contributed by atoms with Crippen LogP contribution in [0.15, 0.2) is 63.8 Å². The maximum Gasteiger partial charge on any atom is 0.279 e. The van der Waals surface area contributed by atoms with Crippen LogP contribution in [0.2, 0.25) is 0 Å². The van der Waals surface area contributed by atoms with E-state index in [0.717, 1.165) is 33.2 Å². The standard InChI is InChI=1S/C20H22N2O3/c1-15-6-3-7-16(2)20(15)21-19(23)14-22(12-17-8-4-10-24-17)13-18-9-5-11-25-18/h3-11H,12-14H2,1-2H3,(H,21,23)/p+1. The van der Waals surface area contributed by atoms with Gasteiger partial charge in [-0.25, -0.2) is 0 Å². The number of para-hydroxylation sites is 1. The largest absolute Gasteiger partial charge is 0.463 e. The third-order valence-electron chi connectivity index (χ3n) is 4.16. The fourth-order valence-electron chi connectivity index (χ4n) is 2.93.